The summed E-state index contributed by atoms with van der Waals surface area (Å²) in [4.78, 5) is 17.2. The van der Waals surface area contributed by atoms with Crippen molar-refractivity contribution in [2.75, 3.05) is 24.5 Å². The van der Waals surface area contributed by atoms with Gasteiger partial charge in [-0.1, -0.05) is 24.3 Å². The molecule has 5 heteroatoms. The molecule has 1 amide bonds. The van der Waals surface area contributed by atoms with Gasteiger partial charge >= 0.3 is 6.09 Å². The average molecular weight is 380 g/mol. The zero-order chi connectivity index (χ0) is 19.1. The third-order valence-electron chi connectivity index (χ3n) is 6.28. The molecule has 3 saturated heterocycles. The van der Waals surface area contributed by atoms with Crippen LogP contribution in [-0.2, 0) is 4.74 Å². The van der Waals surface area contributed by atoms with Gasteiger partial charge in [-0.25, -0.2) is 9.18 Å². The molecular formula is C23H25FN2O2. The monoisotopic (exact) mass is 380 g/mol. The van der Waals surface area contributed by atoms with E-state index in [1.807, 2.05) is 29.2 Å². The molecule has 146 valence electrons. The molecule has 1 saturated carbocycles. The first-order valence-electron chi connectivity index (χ1n) is 10.3. The van der Waals surface area contributed by atoms with Gasteiger partial charge in [0.15, 0.2) is 0 Å². The SMILES string of the molecule is O=C(O[C@@H]1CN2CCC1CC2)N(c1ccc(-c2ccc(F)cc2)cc1)C1CC1. The van der Waals surface area contributed by atoms with E-state index in [0.29, 0.717) is 5.92 Å². The first-order valence-corrected chi connectivity index (χ1v) is 10.3. The molecule has 0 aromatic heterocycles. The van der Waals surface area contributed by atoms with Crippen LogP contribution in [0.25, 0.3) is 11.1 Å². The third kappa shape index (κ3) is 3.51. The number of carbonyl (C=O) groups excluding carboxylic acids is 1. The van der Waals surface area contributed by atoms with E-state index in [2.05, 4.69) is 4.90 Å². The van der Waals surface area contributed by atoms with Crippen molar-refractivity contribution in [2.45, 2.75) is 37.8 Å². The molecule has 0 radical (unpaired) electrons. The van der Waals surface area contributed by atoms with Crippen LogP contribution in [0.3, 0.4) is 0 Å². The van der Waals surface area contributed by atoms with Crippen LogP contribution in [0, 0.1) is 11.7 Å². The zero-order valence-corrected chi connectivity index (χ0v) is 15.9. The Morgan fingerprint density at radius 1 is 0.929 bits per heavy atom. The van der Waals surface area contributed by atoms with Crippen LogP contribution in [0.4, 0.5) is 14.9 Å². The number of halogens is 1. The third-order valence-corrected chi connectivity index (χ3v) is 6.28. The van der Waals surface area contributed by atoms with Crippen LogP contribution in [0.1, 0.15) is 25.7 Å². The molecule has 2 aromatic rings. The highest BCUT2D eigenvalue weighted by Crippen LogP contribution is 2.35. The summed E-state index contributed by atoms with van der Waals surface area (Å²) in [7, 11) is 0. The predicted octanol–water partition coefficient (Wildman–Crippen LogP) is 4.69. The van der Waals surface area contributed by atoms with E-state index in [1.54, 1.807) is 12.1 Å². The number of nitrogens with zero attached hydrogens (tertiary/aromatic N) is 2. The lowest BCUT2D eigenvalue weighted by Crippen LogP contribution is -2.53. The molecule has 0 spiro atoms. The number of ether oxygens (including phenoxy) is 1. The summed E-state index contributed by atoms with van der Waals surface area (Å²) in [5.74, 6) is 0.270. The van der Waals surface area contributed by atoms with Gasteiger partial charge in [-0.05, 0) is 80.1 Å². The van der Waals surface area contributed by atoms with Crippen LogP contribution in [0.15, 0.2) is 48.5 Å². The molecular weight excluding hydrogens is 355 g/mol. The van der Waals surface area contributed by atoms with Crippen LogP contribution in [0.5, 0.6) is 0 Å². The molecule has 4 nitrogen and oxygen atoms in total. The summed E-state index contributed by atoms with van der Waals surface area (Å²) in [6.07, 6.45) is 4.12. The number of hydrogen-bond acceptors (Lipinski definition) is 3. The fourth-order valence-electron chi connectivity index (χ4n) is 4.49. The molecule has 28 heavy (non-hydrogen) atoms. The Morgan fingerprint density at radius 3 is 2.07 bits per heavy atom. The van der Waals surface area contributed by atoms with E-state index >= 15 is 0 Å². The lowest BCUT2D eigenvalue weighted by Gasteiger charge is -2.44. The Morgan fingerprint density at radius 2 is 1.54 bits per heavy atom. The van der Waals surface area contributed by atoms with Crippen molar-refractivity contribution in [3.63, 3.8) is 0 Å². The highest BCUT2D eigenvalue weighted by atomic mass is 19.1. The van der Waals surface area contributed by atoms with E-state index in [9.17, 15) is 9.18 Å². The second kappa shape index (κ2) is 7.21. The van der Waals surface area contributed by atoms with Crippen LogP contribution in [-0.4, -0.2) is 42.8 Å². The number of piperidine rings is 3. The second-order valence-electron chi connectivity index (χ2n) is 8.22. The summed E-state index contributed by atoms with van der Waals surface area (Å²) in [5.41, 5.74) is 2.84. The predicted molar refractivity (Wildman–Crippen MR) is 107 cm³/mol. The summed E-state index contributed by atoms with van der Waals surface area (Å²) in [5, 5.41) is 0. The average Bonchev–Trinajstić information content (AvgIpc) is 3.55. The lowest BCUT2D eigenvalue weighted by atomic mass is 9.86. The number of anilines is 1. The van der Waals surface area contributed by atoms with Gasteiger partial charge in [-0.2, -0.15) is 0 Å². The molecule has 1 aliphatic carbocycles. The molecule has 4 aliphatic rings. The number of fused-ring (bicyclic) bond motifs is 3. The Balaban J connectivity index is 1.32. The van der Waals surface area contributed by atoms with Crippen molar-refractivity contribution < 1.29 is 13.9 Å². The highest BCUT2D eigenvalue weighted by molar-refractivity contribution is 5.89. The van der Waals surface area contributed by atoms with E-state index in [1.165, 1.54) is 12.1 Å². The Hall–Kier alpha value is -2.40. The summed E-state index contributed by atoms with van der Waals surface area (Å²) in [6, 6.07) is 14.6. The molecule has 6 rings (SSSR count). The van der Waals surface area contributed by atoms with Gasteiger partial charge in [0.25, 0.3) is 0 Å². The maximum atomic E-state index is 13.1. The summed E-state index contributed by atoms with van der Waals surface area (Å²) in [6.45, 7) is 3.14. The van der Waals surface area contributed by atoms with Gasteiger partial charge in [-0.3, -0.25) is 9.80 Å². The normalized spacial score (nSPS) is 26.1. The molecule has 0 N–H and O–H groups in total. The van der Waals surface area contributed by atoms with Gasteiger partial charge in [0, 0.05) is 18.3 Å². The fourth-order valence-corrected chi connectivity index (χ4v) is 4.49. The van der Waals surface area contributed by atoms with Crippen molar-refractivity contribution in [1.82, 2.24) is 4.90 Å². The molecule has 3 heterocycles. The number of benzene rings is 2. The standard InChI is InChI=1S/C23H25FN2O2/c24-19-5-1-16(2-6-19)17-3-7-20(8-4-17)26(21-9-10-21)23(27)28-22-15-25-13-11-18(22)12-14-25/h1-8,18,21-22H,9-15H2/t22-/m1/s1. The van der Waals surface area contributed by atoms with E-state index in [0.717, 1.165) is 62.1 Å². The first kappa shape index (κ1) is 17.7. The van der Waals surface area contributed by atoms with Crippen LogP contribution in [0.2, 0.25) is 0 Å². The summed E-state index contributed by atoms with van der Waals surface area (Å²) >= 11 is 0. The molecule has 1 atom stereocenters. The summed E-state index contributed by atoms with van der Waals surface area (Å²) < 4.78 is 19.1. The minimum absolute atomic E-state index is 0.0229. The minimum Gasteiger partial charge on any atom is -0.444 e. The Labute approximate surface area is 164 Å². The minimum atomic E-state index is -0.240. The fraction of sp³-hybridized carbons (Fsp3) is 0.435. The Kier molecular flexibility index (Phi) is 4.55. The van der Waals surface area contributed by atoms with Gasteiger partial charge in [-0.15, -0.1) is 0 Å². The number of carbonyl (C=O) groups is 1. The largest absolute Gasteiger partial charge is 0.444 e. The van der Waals surface area contributed by atoms with Gasteiger partial charge < -0.3 is 4.74 Å². The number of rotatable bonds is 4. The van der Waals surface area contributed by atoms with Gasteiger partial charge in [0.2, 0.25) is 0 Å². The van der Waals surface area contributed by atoms with Gasteiger partial charge in [0.1, 0.15) is 11.9 Å². The molecule has 3 aliphatic heterocycles. The van der Waals surface area contributed by atoms with Crippen LogP contribution < -0.4 is 4.90 Å². The molecule has 2 bridgehead atoms. The quantitative estimate of drug-likeness (QED) is 0.771. The van der Waals surface area contributed by atoms with Crippen molar-refractivity contribution in [3.8, 4) is 11.1 Å². The first-order chi connectivity index (χ1) is 13.7. The van der Waals surface area contributed by atoms with E-state index in [-0.39, 0.29) is 24.1 Å². The van der Waals surface area contributed by atoms with Crippen molar-refractivity contribution in [1.29, 1.82) is 0 Å². The molecule has 2 aromatic carbocycles. The lowest BCUT2D eigenvalue weighted by molar-refractivity contribution is -0.0311. The number of amides is 1. The molecule has 0 unspecified atom stereocenters. The maximum absolute atomic E-state index is 13.1. The highest BCUT2D eigenvalue weighted by Gasteiger charge is 2.40. The van der Waals surface area contributed by atoms with E-state index < -0.39 is 0 Å². The Bertz CT molecular complexity index is 840. The van der Waals surface area contributed by atoms with Crippen molar-refractivity contribution in [2.24, 2.45) is 5.92 Å². The van der Waals surface area contributed by atoms with Crippen molar-refractivity contribution >= 4 is 11.8 Å². The van der Waals surface area contributed by atoms with E-state index in [4.69, 9.17) is 4.74 Å². The maximum Gasteiger partial charge on any atom is 0.414 e. The zero-order valence-electron chi connectivity index (χ0n) is 15.9. The second-order valence-corrected chi connectivity index (χ2v) is 8.22. The topological polar surface area (TPSA) is 32.8 Å². The molecule has 4 fully saturated rings. The van der Waals surface area contributed by atoms with Gasteiger partial charge in [0.05, 0.1) is 0 Å². The number of hydrogen-bond donors (Lipinski definition) is 0. The van der Waals surface area contributed by atoms with Crippen molar-refractivity contribution in [3.05, 3.63) is 54.3 Å². The smallest absolute Gasteiger partial charge is 0.414 e. The van der Waals surface area contributed by atoms with Crippen LogP contribution >= 0.6 is 0 Å².